The van der Waals surface area contributed by atoms with Crippen LogP contribution in [0.4, 0.5) is 0 Å². The largest absolute Gasteiger partial charge is 0.523 e. The second-order valence-electron chi connectivity index (χ2n) is 2.18. The number of hydrogen-bond donors (Lipinski definition) is 0. The van der Waals surface area contributed by atoms with Gasteiger partial charge >= 0.3 is 14.0 Å². The zero-order chi connectivity index (χ0) is 8.27. The Labute approximate surface area is 65.7 Å². The fourth-order valence-corrected chi connectivity index (χ4v) is 1.89. The van der Waals surface area contributed by atoms with Crippen LogP contribution in [0.2, 0.25) is 0 Å². The topological polar surface area (TPSA) is 52.6 Å². The van der Waals surface area contributed by atoms with E-state index in [4.69, 9.17) is 4.52 Å². The Balaban J connectivity index is 2.46. The Morgan fingerprint density at radius 3 is 3.00 bits per heavy atom. The maximum atomic E-state index is 11.1. The van der Waals surface area contributed by atoms with Gasteiger partial charge in [-0.3, -0.25) is 0 Å². The van der Waals surface area contributed by atoms with E-state index in [0.29, 0.717) is 19.6 Å². The van der Waals surface area contributed by atoms with Gasteiger partial charge in [-0.15, -0.1) is 4.52 Å². The molecule has 62 valence electrons. The molecule has 4 nitrogen and oxygen atoms in total. The predicted octanol–water partition coefficient (Wildman–Crippen LogP) is 1.08. The highest BCUT2D eigenvalue weighted by Crippen LogP contribution is 2.35. The third-order valence-corrected chi connectivity index (χ3v) is 2.91. The lowest BCUT2D eigenvalue weighted by molar-refractivity contribution is -0.137. The Hall–Kier alpha value is -0.470. The van der Waals surface area contributed by atoms with Crippen molar-refractivity contribution in [2.75, 3.05) is 13.2 Å². The molecule has 11 heavy (non-hydrogen) atoms. The summed E-state index contributed by atoms with van der Waals surface area (Å²) >= 11 is 0. The highest BCUT2D eigenvalue weighted by molar-refractivity contribution is 7.41. The van der Waals surface area contributed by atoms with E-state index in [0.717, 1.165) is 0 Å². The van der Waals surface area contributed by atoms with Crippen molar-refractivity contribution in [3.05, 3.63) is 0 Å². The lowest BCUT2D eigenvalue weighted by Gasteiger charge is -1.89. The van der Waals surface area contributed by atoms with Crippen LogP contribution in [0, 0.1) is 0 Å². The van der Waals surface area contributed by atoms with Gasteiger partial charge in [-0.05, 0) is 11.5 Å². The van der Waals surface area contributed by atoms with Crippen LogP contribution in [0.3, 0.4) is 0 Å². The van der Waals surface area contributed by atoms with E-state index >= 15 is 0 Å². The molecule has 1 rings (SSSR count). The van der Waals surface area contributed by atoms with Crippen molar-refractivity contribution < 1.29 is 18.6 Å². The molecule has 1 heterocycles. The summed E-state index contributed by atoms with van der Waals surface area (Å²) in [5, 5.41) is 0. The van der Waals surface area contributed by atoms with Gasteiger partial charge in [0.15, 0.2) is 0 Å². The quantitative estimate of drug-likeness (QED) is 0.478. The van der Waals surface area contributed by atoms with Crippen molar-refractivity contribution >= 4 is 14.0 Å². The Morgan fingerprint density at radius 2 is 2.55 bits per heavy atom. The van der Waals surface area contributed by atoms with E-state index in [-0.39, 0.29) is 5.97 Å². The molecule has 0 amide bonds. The monoisotopic (exact) mass is 177 g/mol. The van der Waals surface area contributed by atoms with Crippen molar-refractivity contribution in [2.45, 2.75) is 19.0 Å². The highest BCUT2D eigenvalue weighted by atomic mass is 31.1. The van der Waals surface area contributed by atoms with E-state index in [1.54, 1.807) is 6.92 Å². The zero-order valence-electron chi connectivity index (χ0n) is 6.28. The first kappa shape index (κ1) is 8.62. The Bertz CT molecular complexity index is 179. The minimum atomic E-state index is -1.85. The molecule has 1 saturated heterocycles. The molecule has 0 saturated carbocycles. The molecule has 0 aromatic rings. The van der Waals surface area contributed by atoms with Crippen molar-refractivity contribution in [3.8, 4) is 0 Å². The van der Waals surface area contributed by atoms with Crippen molar-refractivity contribution in [1.29, 1.82) is 0 Å². The maximum Gasteiger partial charge on any atom is 0.523 e. The van der Waals surface area contributed by atoms with Crippen LogP contribution in [-0.2, 0) is 18.6 Å². The summed E-state index contributed by atoms with van der Waals surface area (Å²) in [6, 6.07) is 0. The molecule has 5 heteroatoms. The molecule has 1 fully saturated rings. The number of carbonyl (C=O) groups is 1. The average Bonchev–Trinajstić information content (AvgIpc) is 2.36. The zero-order valence-corrected chi connectivity index (χ0v) is 7.17. The van der Waals surface area contributed by atoms with Gasteiger partial charge in [0.1, 0.15) is 0 Å². The fraction of sp³-hybridized carbons (Fsp3) is 0.833. The van der Waals surface area contributed by atoms with Crippen LogP contribution >= 0.6 is 8.03 Å². The molecule has 0 radical (unpaired) electrons. The van der Waals surface area contributed by atoms with Gasteiger partial charge in [-0.25, -0.2) is 4.79 Å². The van der Waals surface area contributed by atoms with Crippen molar-refractivity contribution in [3.63, 3.8) is 0 Å². The molecule has 0 spiro atoms. The Morgan fingerprint density at radius 1 is 1.82 bits per heavy atom. The number of rotatable bonds is 3. The number of hydrogen-bond acceptors (Lipinski definition) is 4. The van der Waals surface area contributed by atoms with Gasteiger partial charge < -0.3 is 4.74 Å². The number of ether oxygens (including phenoxy) is 1. The number of esters is 1. The molecule has 0 bridgehead atoms. The third-order valence-electron chi connectivity index (χ3n) is 1.42. The third kappa shape index (κ3) is 1.98. The molecular formula is C6H10O4P+. The summed E-state index contributed by atoms with van der Waals surface area (Å²) in [5.74, 6) is -0.389. The molecule has 0 aliphatic carbocycles. The second kappa shape index (κ2) is 3.79. The first-order valence-electron chi connectivity index (χ1n) is 3.51. The van der Waals surface area contributed by atoms with Crippen LogP contribution in [0.15, 0.2) is 0 Å². The van der Waals surface area contributed by atoms with Gasteiger partial charge in [-0.1, -0.05) is 0 Å². The lowest BCUT2D eigenvalue weighted by atomic mass is 10.4. The highest BCUT2D eigenvalue weighted by Gasteiger charge is 2.44. The van der Waals surface area contributed by atoms with E-state index in [2.05, 4.69) is 4.74 Å². The number of carbonyl (C=O) groups excluding carboxylic acids is 1. The molecule has 0 aromatic carbocycles. The summed E-state index contributed by atoms with van der Waals surface area (Å²) in [6.45, 7) is 2.49. The van der Waals surface area contributed by atoms with Crippen molar-refractivity contribution in [2.24, 2.45) is 0 Å². The number of cyclic esters (lactones) is 1. The first-order valence-corrected chi connectivity index (χ1v) is 4.76. The van der Waals surface area contributed by atoms with Crippen LogP contribution in [-0.4, -0.2) is 24.8 Å². The lowest BCUT2D eigenvalue weighted by Crippen LogP contribution is -2.10. The van der Waals surface area contributed by atoms with E-state index in [1.807, 2.05) is 0 Å². The summed E-state index contributed by atoms with van der Waals surface area (Å²) in [5.41, 5.74) is -0.523. The van der Waals surface area contributed by atoms with E-state index in [9.17, 15) is 9.36 Å². The summed E-state index contributed by atoms with van der Waals surface area (Å²) in [4.78, 5) is 10.8. The molecule has 2 unspecified atom stereocenters. The molecule has 0 aromatic heterocycles. The van der Waals surface area contributed by atoms with E-state index in [1.165, 1.54) is 0 Å². The molecular weight excluding hydrogens is 167 g/mol. The van der Waals surface area contributed by atoms with Gasteiger partial charge in [0.25, 0.3) is 5.66 Å². The fourth-order valence-electron chi connectivity index (χ4n) is 0.894. The van der Waals surface area contributed by atoms with Crippen LogP contribution < -0.4 is 0 Å². The van der Waals surface area contributed by atoms with Crippen molar-refractivity contribution in [1.82, 2.24) is 0 Å². The summed E-state index contributed by atoms with van der Waals surface area (Å²) in [6.07, 6.45) is 0.522. The Kier molecular flexibility index (Phi) is 2.97. The standard InChI is InChI=1S/C6H10O4P/c1-2-10-11(8)5-3-4-9-6(5)7/h5H,2-4H2,1H3/q+1. The summed E-state index contributed by atoms with van der Waals surface area (Å²) < 4.78 is 20.5. The minimum absolute atomic E-state index is 0.373. The molecule has 0 N–H and O–H groups in total. The van der Waals surface area contributed by atoms with Crippen LogP contribution in [0.5, 0.6) is 0 Å². The van der Waals surface area contributed by atoms with Crippen LogP contribution in [0.25, 0.3) is 0 Å². The SMILES string of the molecule is CCO[P+](=O)C1CCOC1=O. The van der Waals surface area contributed by atoms with Gasteiger partial charge in [0.2, 0.25) is 0 Å². The van der Waals surface area contributed by atoms with Gasteiger partial charge in [0.05, 0.1) is 13.2 Å². The predicted molar refractivity (Wildman–Crippen MR) is 38.6 cm³/mol. The van der Waals surface area contributed by atoms with E-state index < -0.39 is 13.7 Å². The maximum absolute atomic E-state index is 11.1. The first-order chi connectivity index (χ1) is 5.25. The molecule has 2 atom stereocenters. The summed E-state index contributed by atoms with van der Waals surface area (Å²) in [7, 11) is -1.85. The smallest absolute Gasteiger partial charge is 0.462 e. The van der Waals surface area contributed by atoms with Gasteiger partial charge in [-0.2, -0.15) is 0 Å². The van der Waals surface area contributed by atoms with Crippen LogP contribution in [0.1, 0.15) is 13.3 Å². The molecule has 1 aliphatic heterocycles. The minimum Gasteiger partial charge on any atom is -0.462 e. The van der Waals surface area contributed by atoms with Gasteiger partial charge in [0, 0.05) is 6.42 Å². The second-order valence-corrected chi connectivity index (χ2v) is 3.63. The molecule has 1 aliphatic rings. The average molecular weight is 177 g/mol. The normalized spacial score (nSPS) is 25.0.